The minimum atomic E-state index is -1.11. The highest BCUT2D eigenvalue weighted by atomic mass is 32.1. The zero-order chi connectivity index (χ0) is 13.8. The van der Waals surface area contributed by atoms with E-state index in [9.17, 15) is 9.59 Å². The summed E-state index contributed by atoms with van der Waals surface area (Å²) >= 11 is 1.06. The molecule has 0 spiro atoms. The second-order valence-electron chi connectivity index (χ2n) is 3.78. The van der Waals surface area contributed by atoms with Gasteiger partial charge in [0.15, 0.2) is 6.10 Å². The van der Waals surface area contributed by atoms with Crippen molar-refractivity contribution in [1.29, 1.82) is 0 Å². The number of fused-ring (bicyclic) bond motifs is 1. The van der Waals surface area contributed by atoms with Crippen molar-refractivity contribution in [2.45, 2.75) is 13.0 Å². The van der Waals surface area contributed by atoms with Gasteiger partial charge in [0, 0.05) is 0 Å². The van der Waals surface area contributed by atoms with Crippen molar-refractivity contribution in [2.75, 3.05) is 11.9 Å². The normalized spacial score (nSPS) is 13.5. The smallest absolute Gasteiger partial charge is 0.332 e. The van der Waals surface area contributed by atoms with E-state index >= 15 is 0 Å². The van der Waals surface area contributed by atoms with Crippen molar-refractivity contribution >= 4 is 40.3 Å². The Morgan fingerprint density at radius 3 is 3.00 bits per heavy atom. The van der Waals surface area contributed by atoms with Crippen LogP contribution >= 0.6 is 0 Å². The van der Waals surface area contributed by atoms with Gasteiger partial charge < -0.3 is 15.2 Å². The van der Waals surface area contributed by atoms with Crippen LogP contribution in [-0.2, 0) is 25.7 Å². The first-order valence-electron chi connectivity index (χ1n) is 5.43. The maximum Gasteiger partial charge on any atom is 0.332 e. The highest BCUT2D eigenvalue weighted by Gasteiger charge is 2.15. The molecular formula is C11H11N3O4S. The molecule has 8 heteroatoms. The molecule has 1 aliphatic heterocycles. The number of ether oxygens (including phenoxy) is 1. The lowest BCUT2D eigenvalue weighted by Gasteiger charge is -2.10. The Labute approximate surface area is 112 Å². The molecule has 1 aromatic carbocycles. The molecule has 1 heterocycles. The standard InChI is InChI=1S/C11H11N3O4S/c1-6(11(16)17)18-5-9(15)12-7-3-2-4-8-10(7)14-19-13-8/h2-4,6H,5H2,1H3,(H,12,15)(H,16,17). The summed E-state index contributed by atoms with van der Waals surface area (Å²) in [5.41, 5.74) is 1.83. The monoisotopic (exact) mass is 281 g/mol. The van der Waals surface area contributed by atoms with Gasteiger partial charge in [-0.1, -0.05) is 6.07 Å². The van der Waals surface area contributed by atoms with Gasteiger partial charge in [-0.3, -0.25) is 4.79 Å². The fraction of sp³-hybridized carbons (Fsp3) is 0.273. The SMILES string of the molecule is CC(OCC(=O)Nc1cccc2c1N=S=N2)C(=O)O. The molecule has 1 atom stereocenters. The van der Waals surface area contributed by atoms with E-state index in [4.69, 9.17) is 9.84 Å². The minimum absolute atomic E-state index is 0.332. The van der Waals surface area contributed by atoms with Gasteiger partial charge in [-0.15, -0.1) is 0 Å². The number of carboxylic acids is 1. The topological polar surface area (TPSA) is 100 Å². The average Bonchev–Trinajstić information content (AvgIpc) is 2.85. The summed E-state index contributed by atoms with van der Waals surface area (Å²) in [6.07, 6.45) is -1.03. The third-order valence-electron chi connectivity index (χ3n) is 2.37. The number of benzene rings is 1. The first-order valence-corrected chi connectivity index (χ1v) is 6.16. The second kappa shape index (κ2) is 5.72. The molecule has 1 aromatic rings. The average molecular weight is 281 g/mol. The molecule has 1 amide bonds. The molecule has 1 aliphatic rings. The first kappa shape index (κ1) is 13.4. The van der Waals surface area contributed by atoms with Gasteiger partial charge >= 0.3 is 5.97 Å². The van der Waals surface area contributed by atoms with Gasteiger partial charge in [-0.25, -0.2) is 4.79 Å². The molecule has 2 N–H and O–H groups in total. The van der Waals surface area contributed by atoms with Gasteiger partial charge in [0.25, 0.3) is 0 Å². The van der Waals surface area contributed by atoms with E-state index in [-0.39, 0.29) is 6.61 Å². The van der Waals surface area contributed by atoms with E-state index in [0.717, 1.165) is 11.4 Å². The number of carbonyl (C=O) groups excluding carboxylic acids is 1. The highest BCUT2D eigenvalue weighted by Crippen LogP contribution is 2.38. The van der Waals surface area contributed by atoms with Gasteiger partial charge in [-0.05, 0) is 19.1 Å². The predicted molar refractivity (Wildman–Crippen MR) is 69.7 cm³/mol. The van der Waals surface area contributed by atoms with E-state index in [2.05, 4.69) is 14.0 Å². The summed E-state index contributed by atoms with van der Waals surface area (Å²) in [4.78, 5) is 22.2. The fourth-order valence-electron chi connectivity index (χ4n) is 1.37. The number of amides is 1. The summed E-state index contributed by atoms with van der Waals surface area (Å²) in [7, 11) is 0. The summed E-state index contributed by atoms with van der Waals surface area (Å²) in [6, 6.07) is 5.24. The molecule has 100 valence electrons. The molecule has 0 saturated carbocycles. The number of anilines is 1. The minimum Gasteiger partial charge on any atom is -0.479 e. The lowest BCUT2D eigenvalue weighted by atomic mass is 10.2. The maximum atomic E-state index is 11.6. The van der Waals surface area contributed by atoms with Crippen molar-refractivity contribution < 1.29 is 19.4 Å². The zero-order valence-electron chi connectivity index (χ0n) is 9.99. The van der Waals surface area contributed by atoms with Crippen LogP contribution in [0.4, 0.5) is 17.1 Å². The van der Waals surface area contributed by atoms with Crippen molar-refractivity contribution in [3.63, 3.8) is 0 Å². The molecule has 2 rings (SSSR count). The second-order valence-corrected chi connectivity index (χ2v) is 4.31. The van der Waals surface area contributed by atoms with Crippen molar-refractivity contribution in [3.05, 3.63) is 18.2 Å². The molecule has 1 unspecified atom stereocenters. The summed E-state index contributed by atoms with van der Waals surface area (Å²) in [5, 5.41) is 11.2. The van der Waals surface area contributed by atoms with Crippen LogP contribution in [0.15, 0.2) is 26.9 Å². The van der Waals surface area contributed by atoms with Crippen molar-refractivity contribution in [1.82, 2.24) is 0 Å². The summed E-state index contributed by atoms with van der Waals surface area (Å²) in [6.45, 7) is 1.03. The van der Waals surface area contributed by atoms with Crippen LogP contribution in [0.5, 0.6) is 0 Å². The largest absolute Gasteiger partial charge is 0.479 e. The molecule has 0 aromatic heterocycles. The molecule has 0 fully saturated rings. The Morgan fingerprint density at radius 2 is 2.26 bits per heavy atom. The van der Waals surface area contributed by atoms with Crippen molar-refractivity contribution in [3.8, 4) is 0 Å². The third kappa shape index (κ3) is 3.24. The maximum absolute atomic E-state index is 11.6. The number of carbonyl (C=O) groups is 2. The molecule has 0 saturated heterocycles. The van der Waals surface area contributed by atoms with Crippen LogP contribution in [0.25, 0.3) is 0 Å². The molecule has 0 radical (unpaired) electrons. The summed E-state index contributed by atoms with van der Waals surface area (Å²) in [5.74, 6) is -1.55. The zero-order valence-corrected chi connectivity index (χ0v) is 10.8. The van der Waals surface area contributed by atoms with Crippen LogP contribution in [0.3, 0.4) is 0 Å². The van der Waals surface area contributed by atoms with Crippen LogP contribution in [-0.4, -0.2) is 29.7 Å². The van der Waals surface area contributed by atoms with Gasteiger partial charge in [0.2, 0.25) is 5.91 Å². The van der Waals surface area contributed by atoms with Gasteiger partial charge in [0.1, 0.15) is 18.0 Å². The number of hydrogen-bond donors (Lipinski definition) is 2. The Hall–Kier alpha value is -2.06. The highest BCUT2D eigenvalue weighted by molar-refractivity contribution is 7.58. The molecule has 19 heavy (non-hydrogen) atoms. The van der Waals surface area contributed by atoms with Gasteiger partial charge in [-0.2, -0.15) is 8.73 Å². The number of carboxylic acid groups (broad SMARTS) is 1. The number of hydrogen-bond acceptors (Lipinski definition) is 5. The van der Waals surface area contributed by atoms with E-state index in [1.54, 1.807) is 18.2 Å². The number of rotatable bonds is 5. The lowest BCUT2D eigenvalue weighted by molar-refractivity contribution is -0.150. The van der Waals surface area contributed by atoms with Crippen molar-refractivity contribution in [2.24, 2.45) is 8.73 Å². The van der Waals surface area contributed by atoms with E-state index in [0.29, 0.717) is 17.1 Å². The molecule has 0 bridgehead atoms. The molecule has 7 nitrogen and oxygen atoms in total. The van der Waals surface area contributed by atoms with E-state index < -0.39 is 18.0 Å². The quantitative estimate of drug-likeness (QED) is 0.873. The van der Waals surface area contributed by atoms with Crippen LogP contribution in [0.2, 0.25) is 0 Å². The third-order valence-corrected chi connectivity index (χ3v) is 2.91. The van der Waals surface area contributed by atoms with Crippen LogP contribution < -0.4 is 5.32 Å². The first-order chi connectivity index (χ1) is 9.08. The van der Waals surface area contributed by atoms with E-state index in [1.807, 2.05) is 0 Å². The Morgan fingerprint density at radius 1 is 1.47 bits per heavy atom. The van der Waals surface area contributed by atoms with Gasteiger partial charge in [0.05, 0.1) is 17.0 Å². The van der Waals surface area contributed by atoms with E-state index in [1.165, 1.54) is 6.92 Å². The fourth-order valence-corrected chi connectivity index (χ4v) is 1.91. The summed E-state index contributed by atoms with van der Waals surface area (Å²) < 4.78 is 13.0. The number of nitrogens with zero attached hydrogens (tertiary/aromatic N) is 2. The lowest BCUT2D eigenvalue weighted by Crippen LogP contribution is -2.26. The number of aliphatic carboxylic acids is 1. The Bertz CT molecular complexity index is 596. The Kier molecular flexibility index (Phi) is 4.03. The predicted octanol–water partition coefficient (Wildman–Crippen LogP) is 1.84. The van der Waals surface area contributed by atoms with Crippen LogP contribution in [0.1, 0.15) is 6.92 Å². The molecular weight excluding hydrogens is 270 g/mol. The van der Waals surface area contributed by atoms with Crippen LogP contribution in [0, 0.1) is 0 Å². The molecule has 0 aliphatic carbocycles. The Balaban J connectivity index is 1.95. The number of nitrogens with one attached hydrogen (secondary N) is 1.